The second-order valence-corrected chi connectivity index (χ2v) is 17.9. The van der Waals surface area contributed by atoms with Crippen LogP contribution in [0.4, 0.5) is 0 Å². The van der Waals surface area contributed by atoms with Gasteiger partial charge in [-0.15, -0.1) is 0 Å². The molecule has 0 radical (unpaired) electrons. The van der Waals surface area contributed by atoms with Crippen molar-refractivity contribution in [2.24, 2.45) is 11.8 Å². The molecule has 0 spiro atoms. The summed E-state index contributed by atoms with van der Waals surface area (Å²) in [7, 11) is 0. The molecule has 4 heteroatoms. The third-order valence-electron chi connectivity index (χ3n) is 14.3. The van der Waals surface area contributed by atoms with E-state index in [2.05, 4.69) is 164 Å². The Hall–Kier alpha value is -6.96. The van der Waals surface area contributed by atoms with Gasteiger partial charge < -0.3 is 0 Å². The van der Waals surface area contributed by atoms with Crippen molar-refractivity contribution >= 4 is 32.3 Å². The van der Waals surface area contributed by atoms with Crippen LogP contribution in [-0.4, -0.2) is 15.0 Å². The van der Waals surface area contributed by atoms with Crippen molar-refractivity contribution in [3.63, 3.8) is 0 Å². The van der Waals surface area contributed by atoms with Gasteiger partial charge in [0.25, 0.3) is 0 Å². The molecule has 2 unspecified atom stereocenters. The molecule has 13 rings (SSSR count). The molecule has 4 nitrogen and oxygen atoms in total. The van der Waals surface area contributed by atoms with Gasteiger partial charge in [-0.2, -0.15) is 5.26 Å². The lowest BCUT2D eigenvalue weighted by Gasteiger charge is -2.63. The predicted molar refractivity (Wildman–Crippen MR) is 243 cm³/mol. The molecular formula is C56H42N4. The summed E-state index contributed by atoms with van der Waals surface area (Å²) in [6, 6.07) is 63.4. The summed E-state index contributed by atoms with van der Waals surface area (Å²) >= 11 is 0. The smallest absolute Gasteiger partial charge is 0.164 e. The fourth-order valence-electron chi connectivity index (χ4n) is 12.0. The molecular weight excluding hydrogens is 729 g/mol. The molecule has 9 aromatic rings. The van der Waals surface area contributed by atoms with E-state index in [1.807, 2.05) is 12.1 Å². The third-order valence-corrected chi connectivity index (χ3v) is 14.3. The van der Waals surface area contributed by atoms with Gasteiger partial charge >= 0.3 is 0 Å². The lowest BCUT2D eigenvalue weighted by atomic mass is 9.41. The number of benzene rings is 8. The molecule has 0 N–H and O–H groups in total. The molecule has 4 saturated carbocycles. The first-order valence-corrected chi connectivity index (χ1v) is 21.4. The van der Waals surface area contributed by atoms with Crippen LogP contribution in [0.25, 0.3) is 77.6 Å². The first-order valence-electron chi connectivity index (χ1n) is 21.4. The highest BCUT2D eigenvalue weighted by Gasteiger charge is 2.58. The van der Waals surface area contributed by atoms with Crippen LogP contribution in [0.5, 0.6) is 0 Å². The van der Waals surface area contributed by atoms with Crippen molar-refractivity contribution in [3.05, 3.63) is 187 Å². The lowest BCUT2D eigenvalue weighted by molar-refractivity contribution is -0.0281. The molecule has 286 valence electrons. The van der Waals surface area contributed by atoms with E-state index in [-0.39, 0.29) is 10.8 Å². The minimum Gasteiger partial charge on any atom is -0.208 e. The summed E-state index contributed by atoms with van der Waals surface area (Å²) in [5.74, 6) is 3.54. The first kappa shape index (κ1) is 35.0. The molecule has 1 aromatic heterocycles. The van der Waals surface area contributed by atoms with Crippen LogP contribution in [0, 0.1) is 23.2 Å². The van der Waals surface area contributed by atoms with E-state index in [1.165, 1.54) is 71.6 Å². The summed E-state index contributed by atoms with van der Waals surface area (Å²) in [6.45, 7) is 0. The Bertz CT molecular complexity index is 3080. The van der Waals surface area contributed by atoms with E-state index in [0.29, 0.717) is 17.5 Å². The van der Waals surface area contributed by atoms with Crippen LogP contribution in [0.3, 0.4) is 0 Å². The number of nitrogens with zero attached hydrogens (tertiary/aromatic N) is 4. The van der Waals surface area contributed by atoms with Gasteiger partial charge in [0.15, 0.2) is 17.5 Å². The number of rotatable bonds is 6. The van der Waals surface area contributed by atoms with Gasteiger partial charge in [0.2, 0.25) is 0 Å². The fourth-order valence-corrected chi connectivity index (χ4v) is 12.0. The second kappa shape index (κ2) is 13.5. The van der Waals surface area contributed by atoms with Gasteiger partial charge in [0.1, 0.15) is 0 Å². The van der Waals surface area contributed by atoms with Gasteiger partial charge in [-0.1, -0.05) is 152 Å². The number of fused-ring (bicyclic) bond motifs is 3. The Labute approximate surface area is 350 Å². The monoisotopic (exact) mass is 770 g/mol. The van der Waals surface area contributed by atoms with Crippen molar-refractivity contribution in [2.45, 2.75) is 49.4 Å². The highest BCUT2D eigenvalue weighted by atomic mass is 15.0. The summed E-state index contributed by atoms with van der Waals surface area (Å²) in [5.41, 5.74) is 9.39. The molecule has 4 aliphatic carbocycles. The fraction of sp³-hybridized carbons (Fsp3) is 0.179. The van der Waals surface area contributed by atoms with Gasteiger partial charge in [0.05, 0.1) is 11.6 Å². The molecule has 0 aliphatic heterocycles. The van der Waals surface area contributed by atoms with E-state index < -0.39 is 0 Å². The molecule has 0 saturated heterocycles. The lowest BCUT2D eigenvalue weighted by Crippen LogP contribution is -2.55. The molecule has 4 fully saturated rings. The maximum Gasteiger partial charge on any atom is 0.164 e. The van der Waals surface area contributed by atoms with Crippen LogP contribution < -0.4 is 0 Å². The average Bonchev–Trinajstić information content (AvgIpc) is 3.30. The maximum atomic E-state index is 9.75. The van der Waals surface area contributed by atoms with Crippen molar-refractivity contribution in [1.29, 1.82) is 5.26 Å². The van der Waals surface area contributed by atoms with E-state index in [1.54, 1.807) is 0 Å². The number of hydrogen-bond donors (Lipinski definition) is 0. The van der Waals surface area contributed by atoms with Crippen LogP contribution in [0.2, 0.25) is 0 Å². The first-order chi connectivity index (χ1) is 29.5. The molecule has 8 aromatic carbocycles. The quantitative estimate of drug-likeness (QED) is 0.169. The van der Waals surface area contributed by atoms with Crippen LogP contribution in [-0.2, 0) is 10.8 Å². The number of hydrogen-bond acceptors (Lipinski definition) is 4. The number of nitriles is 1. The van der Waals surface area contributed by atoms with Crippen LogP contribution in [0.1, 0.15) is 55.2 Å². The van der Waals surface area contributed by atoms with Crippen molar-refractivity contribution in [1.82, 2.24) is 15.0 Å². The standard InChI is InChI=1S/C56H42N4/c57-34-46-21-26-50(51-12-6-5-11-49(46)51)40-17-22-47(23-18-40)55-30-36-27-37(31-55)33-56(32-36,35-55)48-24-19-41(20-25-48)52-58-53(44-15-13-38-7-1-3-9-42(38)28-44)60-54(59-52)45-16-14-39-8-2-4-10-43(39)29-45/h1-26,28-29,36-37H,27,30-33,35H2. The summed E-state index contributed by atoms with van der Waals surface area (Å²) in [6.07, 6.45) is 7.64. The highest BCUT2D eigenvalue weighted by molar-refractivity contribution is 5.99. The minimum absolute atomic E-state index is 0.163. The molecule has 1 heterocycles. The average molecular weight is 771 g/mol. The van der Waals surface area contributed by atoms with Crippen LogP contribution >= 0.6 is 0 Å². The molecule has 60 heavy (non-hydrogen) atoms. The maximum absolute atomic E-state index is 9.75. The molecule has 0 amide bonds. The zero-order chi connectivity index (χ0) is 39.8. The Balaban J connectivity index is 0.892. The largest absolute Gasteiger partial charge is 0.208 e. The molecule has 2 atom stereocenters. The molecule has 4 bridgehead atoms. The van der Waals surface area contributed by atoms with E-state index >= 15 is 0 Å². The van der Waals surface area contributed by atoms with Gasteiger partial charge in [-0.05, 0) is 129 Å². The second-order valence-electron chi connectivity index (χ2n) is 17.9. The highest BCUT2D eigenvalue weighted by Crippen LogP contribution is 2.66. The molecule has 4 aliphatic rings. The van der Waals surface area contributed by atoms with E-state index in [9.17, 15) is 5.26 Å². The normalized spacial score (nSPS) is 21.7. The number of aromatic nitrogens is 3. The Kier molecular flexibility index (Phi) is 7.91. The summed E-state index contributed by atoms with van der Waals surface area (Å²) in [5, 5.41) is 16.6. The van der Waals surface area contributed by atoms with Crippen LogP contribution in [0.15, 0.2) is 170 Å². The predicted octanol–water partition coefficient (Wildman–Crippen LogP) is 13.7. The van der Waals surface area contributed by atoms with Gasteiger partial charge in [-0.3, -0.25) is 0 Å². The SMILES string of the molecule is N#Cc1ccc(-c2ccc(C34CC5CC(CC(c6ccc(-c7nc(-c8ccc9ccccc9c8)nc(-c8ccc9ccccc9c8)n7)cc6)(C5)C3)C4)cc2)c2ccccc12. The van der Waals surface area contributed by atoms with Crippen molar-refractivity contribution in [2.75, 3.05) is 0 Å². The minimum atomic E-state index is 0.163. The third kappa shape index (κ3) is 5.75. The Morgan fingerprint density at radius 2 is 0.883 bits per heavy atom. The Morgan fingerprint density at radius 1 is 0.433 bits per heavy atom. The van der Waals surface area contributed by atoms with E-state index in [0.717, 1.165) is 55.6 Å². The zero-order valence-corrected chi connectivity index (χ0v) is 33.4. The van der Waals surface area contributed by atoms with Crippen molar-refractivity contribution in [3.8, 4) is 51.4 Å². The van der Waals surface area contributed by atoms with Crippen molar-refractivity contribution < 1.29 is 0 Å². The Morgan fingerprint density at radius 3 is 1.42 bits per heavy atom. The summed E-state index contributed by atoms with van der Waals surface area (Å²) in [4.78, 5) is 15.4. The van der Waals surface area contributed by atoms with Gasteiger partial charge in [-0.25, -0.2) is 15.0 Å². The zero-order valence-electron chi connectivity index (χ0n) is 33.4. The summed E-state index contributed by atoms with van der Waals surface area (Å²) < 4.78 is 0. The van der Waals surface area contributed by atoms with Gasteiger partial charge in [0, 0.05) is 22.1 Å². The van der Waals surface area contributed by atoms with E-state index in [4.69, 9.17) is 15.0 Å². The topological polar surface area (TPSA) is 62.5 Å².